The molecular formula is C14H17FN2O3. The number of primary amides is 1. The van der Waals surface area contributed by atoms with E-state index in [2.05, 4.69) is 5.32 Å². The average Bonchev–Trinajstić information content (AvgIpc) is 2.35. The maximum Gasteiger partial charge on any atom is 0.220 e. The molecule has 6 heteroatoms. The van der Waals surface area contributed by atoms with Gasteiger partial charge in [0.1, 0.15) is 5.82 Å². The number of carbonyl (C=O) groups excluding carboxylic acids is 2. The zero-order valence-corrected chi connectivity index (χ0v) is 11.0. The van der Waals surface area contributed by atoms with Gasteiger partial charge in [0.15, 0.2) is 0 Å². The van der Waals surface area contributed by atoms with Crippen molar-refractivity contribution in [1.29, 1.82) is 0 Å². The molecule has 20 heavy (non-hydrogen) atoms. The second kappa shape index (κ2) is 6.00. The van der Waals surface area contributed by atoms with E-state index in [4.69, 9.17) is 10.5 Å². The fourth-order valence-corrected chi connectivity index (χ4v) is 2.17. The average molecular weight is 280 g/mol. The molecule has 0 radical (unpaired) electrons. The van der Waals surface area contributed by atoms with Crippen molar-refractivity contribution < 1.29 is 18.7 Å². The van der Waals surface area contributed by atoms with E-state index in [1.54, 1.807) is 12.1 Å². The van der Waals surface area contributed by atoms with E-state index in [1.807, 2.05) is 0 Å². The summed E-state index contributed by atoms with van der Waals surface area (Å²) in [5.74, 6) is -0.934. The van der Waals surface area contributed by atoms with E-state index in [1.165, 1.54) is 12.1 Å². The van der Waals surface area contributed by atoms with Crippen LogP contribution in [0.15, 0.2) is 24.3 Å². The Hall–Kier alpha value is -1.95. The van der Waals surface area contributed by atoms with Gasteiger partial charge in [0.2, 0.25) is 11.8 Å². The predicted octanol–water partition coefficient (Wildman–Crippen LogP) is 0.519. The first-order valence-electron chi connectivity index (χ1n) is 6.41. The third-order valence-corrected chi connectivity index (χ3v) is 3.23. The first-order valence-corrected chi connectivity index (χ1v) is 6.41. The number of nitrogens with one attached hydrogen (secondary N) is 1. The summed E-state index contributed by atoms with van der Waals surface area (Å²) in [6.07, 6.45) is 0.862. The van der Waals surface area contributed by atoms with Gasteiger partial charge in [0.05, 0.1) is 25.2 Å². The number of halogens is 1. The van der Waals surface area contributed by atoms with Crippen molar-refractivity contribution in [2.24, 2.45) is 5.73 Å². The summed E-state index contributed by atoms with van der Waals surface area (Å²) in [4.78, 5) is 22.9. The molecule has 5 nitrogen and oxygen atoms in total. The summed E-state index contributed by atoms with van der Waals surface area (Å²) in [6, 6.07) is 6.02. The van der Waals surface area contributed by atoms with Crippen molar-refractivity contribution in [3.05, 3.63) is 35.6 Å². The number of ether oxygens (including phenoxy) is 1. The fourth-order valence-electron chi connectivity index (χ4n) is 2.17. The van der Waals surface area contributed by atoms with Crippen molar-refractivity contribution in [2.45, 2.75) is 24.8 Å². The Morgan fingerprint density at radius 1 is 1.30 bits per heavy atom. The number of benzene rings is 1. The summed E-state index contributed by atoms with van der Waals surface area (Å²) in [5.41, 5.74) is 5.40. The standard InChI is InChI=1S/C14H17FN2O3/c15-11-4-1-10(2-5-11)3-6-13(19)17-14(7-12(16)18)8-20-9-14/h1-2,4-5H,3,6-9H2,(H2,16,18)(H,17,19). The highest BCUT2D eigenvalue weighted by atomic mass is 19.1. The number of hydrogen-bond donors (Lipinski definition) is 2. The topological polar surface area (TPSA) is 81.4 Å². The van der Waals surface area contributed by atoms with Crippen LogP contribution in [0.1, 0.15) is 18.4 Å². The number of amides is 2. The maximum absolute atomic E-state index is 12.7. The zero-order valence-electron chi connectivity index (χ0n) is 11.0. The SMILES string of the molecule is NC(=O)CC1(NC(=O)CCc2ccc(F)cc2)COC1. The molecule has 2 amide bonds. The summed E-state index contributed by atoms with van der Waals surface area (Å²) in [7, 11) is 0. The lowest BCUT2D eigenvalue weighted by Gasteiger charge is -2.41. The van der Waals surface area contributed by atoms with Gasteiger partial charge in [-0.3, -0.25) is 9.59 Å². The Morgan fingerprint density at radius 3 is 2.45 bits per heavy atom. The van der Waals surface area contributed by atoms with E-state index < -0.39 is 11.4 Å². The van der Waals surface area contributed by atoms with Crippen LogP contribution in [0.3, 0.4) is 0 Å². The van der Waals surface area contributed by atoms with Crippen LogP contribution in [0.5, 0.6) is 0 Å². The highest BCUT2D eigenvalue weighted by molar-refractivity contribution is 5.80. The van der Waals surface area contributed by atoms with Gasteiger partial charge in [-0.1, -0.05) is 12.1 Å². The first-order chi connectivity index (χ1) is 9.49. The highest BCUT2D eigenvalue weighted by Crippen LogP contribution is 2.21. The van der Waals surface area contributed by atoms with Crippen LogP contribution in [0.4, 0.5) is 4.39 Å². The summed E-state index contributed by atoms with van der Waals surface area (Å²) in [6.45, 7) is 0.608. The van der Waals surface area contributed by atoms with Crippen molar-refractivity contribution in [3.8, 4) is 0 Å². The van der Waals surface area contributed by atoms with E-state index in [-0.39, 0.29) is 24.6 Å². The van der Waals surface area contributed by atoms with Crippen LogP contribution in [0.25, 0.3) is 0 Å². The molecule has 0 atom stereocenters. The molecule has 3 N–H and O–H groups in total. The largest absolute Gasteiger partial charge is 0.376 e. The van der Waals surface area contributed by atoms with Crippen molar-refractivity contribution >= 4 is 11.8 Å². The molecule has 1 aromatic rings. The molecule has 0 aromatic heterocycles. The number of aryl methyl sites for hydroxylation is 1. The number of rotatable bonds is 6. The normalized spacial score (nSPS) is 16.2. The van der Waals surface area contributed by atoms with Gasteiger partial charge < -0.3 is 15.8 Å². The van der Waals surface area contributed by atoms with E-state index in [0.717, 1.165) is 5.56 Å². The highest BCUT2D eigenvalue weighted by Gasteiger charge is 2.41. The zero-order chi connectivity index (χ0) is 14.6. The van der Waals surface area contributed by atoms with Crippen LogP contribution < -0.4 is 11.1 Å². The predicted molar refractivity (Wildman–Crippen MR) is 70.2 cm³/mol. The number of carbonyl (C=O) groups is 2. The smallest absolute Gasteiger partial charge is 0.220 e. The number of nitrogens with two attached hydrogens (primary N) is 1. The molecule has 0 saturated carbocycles. The van der Waals surface area contributed by atoms with E-state index in [9.17, 15) is 14.0 Å². The second-order valence-electron chi connectivity index (χ2n) is 5.09. The van der Waals surface area contributed by atoms with Crippen LogP contribution >= 0.6 is 0 Å². The summed E-state index contributed by atoms with van der Waals surface area (Å²) < 4.78 is 17.8. The second-order valence-corrected chi connectivity index (χ2v) is 5.09. The van der Waals surface area contributed by atoms with Gasteiger partial charge in [0, 0.05) is 6.42 Å². The molecule has 0 spiro atoms. The minimum Gasteiger partial charge on any atom is -0.376 e. The molecule has 1 saturated heterocycles. The van der Waals surface area contributed by atoms with Gasteiger partial charge in [-0.15, -0.1) is 0 Å². The Labute approximate surface area is 116 Å². The van der Waals surface area contributed by atoms with Crippen LogP contribution in [0, 0.1) is 5.82 Å². The first kappa shape index (κ1) is 14.5. The lowest BCUT2D eigenvalue weighted by Crippen LogP contribution is -2.63. The van der Waals surface area contributed by atoms with Gasteiger partial charge in [0.25, 0.3) is 0 Å². The van der Waals surface area contributed by atoms with Crippen LogP contribution in [-0.4, -0.2) is 30.6 Å². The Morgan fingerprint density at radius 2 is 1.95 bits per heavy atom. The third-order valence-electron chi connectivity index (χ3n) is 3.23. The van der Waals surface area contributed by atoms with Crippen molar-refractivity contribution in [1.82, 2.24) is 5.32 Å². The van der Waals surface area contributed by atoms with Gasteiger partial charge in [-0.2, -0.15) is 0 Å². The monoisotopic (exact) mass is 280 g/mol. The lowest BCUT2D eigenvalue weighted by molar-refractivity contribution is -0.138. The minimum absolute atomic E-state index is 0.0787. The fraction of sp³-hybridized carbons (Fsp3) is 0.429. The Bertz CT molecular complexity index is 498. The van der Waals surface area contributed by atoms with Crippen LogP contribution in [0.2, 0.25) is 0 Å². The third kappa shape index (κ3) is 3.77. The molecule has 108 valence electrons. The van der Waals surface area contributed by atoms with Gasteiger partial charge >= 0.3 is 0 Å². The van der Waals surface area contributed by atoms with E-state index in [0.29, 0.717) is 19.6 Å². The van der Waals surface area contributed by atoms with Crippen LogP contribution in [-0.2, 0) is 20.7 Å². The van der Waals surface area contributed by atoms with Gasteiger partial charge in [-0.25, -0.2) is 4.39 Å². The molecule has 1 aliphatic heterocycles. The molecule has 1 aliphatic rings. The maximum atomic E-state index is 12.7. The molecule has 1 heterocycles. The molecule has 2 rings (SSSR count). The molecule has 0 aliphatic carbocycles. The summed E-state index contributed by atoms with van der Waals surface area (Å²) in [5, 5.41) is 2.80. The molecule has 1 fully saturated rings. The molecule has 1 aromatic carbocycles. The molecule has 0 unspecified atom stereocenters. The quantitative estimate of drug-likeness (QED) is 0.797. The summed E-state index contributed by atoms with van der Waals surface area (Å²) >= 11 is 0. The van der Waals surface area contributed by atoms with Gasteiger partial charge in [-0.05, 0) is 24.1 Å². The van der Waals surface area contributed by atoms with Crippen molar-refractivity contribution in [3.63, 3.8) is 0 Å². The number of hydrogen-bond acceptors (Lipinski definition) is 3. The Balaban J connectivity index is 1.83. The molecular weight excluding hydrogens is 263 g/mol. The minimum atomic E-state index is -0.647. The van der Waals surface area contributed by atoms with Crippen molar-refractivity contribution in [2.75, 3.05) is 13.2 Å². The Kier molecular flexibility index (Phi) is 4.34. The lowest BCUT2D eigenvalue weighted by atomic mass is 9.92. The van der Waals surface area contributed by atoms with E-state index >= 15 is 0 Å². The molecule has 0 bridgehead atoms.